The van der Waals surface area contributed by atoms with E-state index in [4.69, 9.17) is 18.4 Å². The summed E-state index contributed by atoms with van der Waals surface area (Å²) in [5, 5.41) is 8.99. The molecule has 0 aliphatic carbocycles. The van der Waals surface area contributed by atoms with Crippen LogP contribution in [0.3, 0.4) is 0 Å². The van der Waals surface area contributed by atoms with E-state index < -0.39 is 24.6 Å². The minimum atomic E-state index is -4.40. The average molecular weight is 266 g/mol. The number of rotatable bonds is 4. The van der Waals surface area contributed by atoms with Crippen LogP contribution in [0.25, 0.3) is 9.69 Å². The number of halogens is 3. The molecule has 0 fully saturated rings. The topological polar surface area (TPSA) is 37.4 Å². The quantitative estimate of drug-likeness (QED) is 0.768. The highest BCUT2D eigenvalue weighted by atomic mass is 19.4. The standard InChI is InChI=1S/C12H9F3N4/c1-17-10-3-6-19(7-10)9-11(8-16,18-2)4-5-12(13,14)15/h3,6-7H,4-5,9H2. The zero-order valence-electron chi connectivity index (χ0n) is 9.78. The average Bonchev–Trinajstić information content (AvgIpc) is 2.81. The van der Waals surface area contributed by atoms with Gasteiger partial charge in [-0.15, -0.1) is 0 Å². The van der Waals surface area contributed by atoms with E-state index in [1.165, 1.54) is 23.0 Å². The summed E-state index contributed by atoms with van der Waals surface area (Å²) < 4.78 is 38.0. The summed E-state index contributed by atoms with van der Waals surface area (Å²) in [6.45, 7) is 13.6. The number of alkyl halides is 3. The summed E-state index contributed by atoms with van der Waals surface area (Å²) >= 11 is 0. The molecule has 0 bridgehead atoms. The van der Waals surface area contributed by atoms with Crippen molar-refractivity contribution in [2.45, 2.75) is 31.1 Å². The summed E-state index contributed by atoms with van der Waals surface area (Å²) in [6, 6.07) is 3.14. The van der Waals surface area contributed by atoms with Crippen molar-refractivity contribution in [2.75, 3.05) is 0 Å². The fourth-order valence-corrected chi connectivity index (χ4v) is 1.53. The lowest BCUT2D eigenvalue weighted by atomic mass is 9.96. The summed E-state index contributed by atoms with van der Waals surface area (Å²) in [6.07, 6.45) is -3.29. The maximum Gasteiger partial charge on any atom is 0.389 e. The van der Waals surface area contributed by atoms with Crippen molar-refractivity contribution in [3.05, 3.63) is 41.3 Å². The number of hydrogen-bond acceptors (Lipinski definition) is 1. The van der Waals surface area contributed by atoms with Gasteiger partial charge in [0, 0.05) is 6.20 Å². The first-order valence-corrected chi connectivity index (χ1v) is 5.24. The molecule has 0 amide bonds. The molecule has 1 aromatic heterocycles. The van der Waals surface area contributed by atoms with Crippen LogP contribution in [0.1, 0.15) is 12.8 Å². The van der Waals surface area contributed by atoms with Crippen LogP contribution in [0, 0.1) is 24.5 Å². The first kappa shape index (κ1) is 14.6. The number of nitrogens with zero attached hydrogens (tertiary/aromatic N) is 4. The van der Waals surface area contributed by atoms with Crippen LogP contribution in [-0.4, -0.2) is 16.3 Å². The molecule has 1 unspecified atom stereocenters. The zero-order valence-corrected chi connectivity index (χ0v) is 9.78. The molecule has 19 heavy (non-hydrogen) atoms. The van der Waals surface area contributed by atoms with Gasteiger partial charge in [0.05, 0.1) is 19.4 Å². The molecule has 0 N–H and O–H groups in total. The monoisotopic (exact) mass is 266 g/mol. The molecule has 1 atom stereocenters. The highest BCUT2D eigenvalue weighted by Gasteiger charge is 2.42. The minimum absolute atomic E-state index is 0.182. The zero-order chi connectivity index (χ0) is 14.5. The Morgan fingerprint density at radius 1 is 1.32 bits per heavy atom. The van der Waals surface area contributed by atoms with Crippen LogP contribution in [0.2, 0.25) is 0 Å². The van der Waals surface area contributed by atoms with Gasteiger partial charge in [0.2, 0.25) is 5.69 Å². The van der Waals surface area contributed by atoms with Gasteiger partial charge in [0.25, 0.3) is 0 Å². The lowest BCUT2D eigenvalue weighted by molar-refractivity contribution is -0.136. The van der Waals surface area contributed by atoms with Crippen molar-refractivity contribution in [3.8, 4) is 6.07 Å². The lowest BCUT2D eigenvalue weighted by Crippen LogP contribution is -2.30. The molecule has 0 aromatic carbocycles. The van der Waals surface area contributed by atoms with Crippen LogP contribution in [0.15, 0.2) is 18.5 Å². The number of aromatic nitrogens is 1. The van der Waals surface area contributed by atoms with Gasteiger partial charge < -0.3 is 4.57 Å². The Bertz CT molecular complexity index is 552. The van der Waals surface area contributed by atoms with Gasteiger partial charge in [-0.1, -0.05) is 0 Å². The third kappa shape index (κ3) is 4.04. The van der Waals surface area contributed by atoms with Crippen LogP contribution < -0.4 is 0 Å². The number of nitriles is 1. The first-order valence-electron chi connectivity index (χ1n) is 5.24. The van der Waals surface area contributed by atoms with Gasteiger partial charge in [0.1, 0.15) is 6.54 Å². The predicted molar refractivity (Wildman–Crippen MR) is 60.9 cm³/mol. The molecule has 0 aliphatic rings. The second-order valence-corrected chi connectivity index (χ2v) is 4.02. The highest BCUT2D eigenvalue weighted by Crippen LogP contribution is 2.29. The molecule has 0 spiro atoms. The molecule has 1 aromatic rings. The van der Waals surface area contributed by atoms with Gasteiger partial charge in [-0.25, -0.2) is 11.4 Å². The van der Waals surface area contributed by atoms with E-state index in [0.717, 1.165) is 0 Å². The fourth-order valence-electron chi connectivity index (χ4n) is 1.53. The van der Waals surface area contributed by atoms with E-state index >= 15 is 0 Å². The van der Waals surface area contributed by atoms with E-state index in [-0.39, 0.29) is 6.54 Å². The second-order valence-electron chi connectivity index (χ2n) is 4.02. The Kier molecular flexibility index (Phi) is 4.19. The van der Waals surface area contributed by atoms with Crippen molar-refractivity contribution in [1.29, 1.82) is 5.26 Å². The van der Waals surface area contributed by atoms with Crippen LogP contribution in [0.5, 0.6) is 0 Å². The van der Waals surface area contributed by atoms with Crippen LogP contribution >= 0.6 is 0 Å². The van der Waals surface area contributed by atoms with Crippen molar-refractivity contribution in [3.63, 3.8) is 0 Å². The van der Waals surface area contributed by atoms with Gasteiger partial charge in [-0.05, 0) is 12.3 Å². The summed E-state index contributed by atoms with van der Waals surface area (Å²) in [5.74, 6) is 0. The Labute approximate surface area is 108 Å². The summed E-state index contributed by atoms with van der Waals surface area (Å²) in [5.41, 5.74) is -1.44. The smallest absolute Gasteiger partial charge is 0.356 e. The van der Waals surface area contributed by atoms with E-state index in [1.807, 2.05) is 0 Å². The van der Waals surface area contributed by atoms with Crippen molar-refractivity contribution >= 4 is 5.69 Å². The van der Waals surface area contributed by atoms with Crippen LogP contribution in [-0.2, 0) is 6.54 Å². The molecule has 4 nitrogen and oxygen atoms in total. The third-order valence-electron chi connectivity index (χ3n) is 2.55. The van der Waals surface area contributed by atoms with Crippen molar-refractivity contribution in [2.24, 2.45) is 0 Å². The Morgan fingerprint density at radius 3 is 2.42 bits per heavy atom. The molecular weight excluding hydrogens is 257 g/mol. The fraction of sp³-hybridized carbons (Fsp3) is 0.417. The van der Waals surface area contributed by atoms with Gasteiger partial charge in [0.15, 0.2) is 6.07 Å². The van der Waals surface area contributed by atoms with E-state index in [1.54, 1.807) is 6.07 Å². The molecule has 98 valence electrons. The van der Waals surface area contributed by atoms with Gasteiger partial charge in [-0.3, -0.25) is 4.85 Å². The normalized spacial score (nSPS) is 13.9. The first-order chi connectivity index (χ1) is 8.84. The van der Waals surface area contributed by atoms with Gasteiger partial charge >= 0.3 is 11.7 Å². The Hall–Kier alpha value is -2.46. The lowest BCUT2D eigenvalue weighted by Gasteiger charge is -2.16. The second kappa shape index (κ2) is 5.46. The largest absolute Gasteiger partial charge is 0.389 e. The predicted octanol–water partition coefficient (Wildman–Crippen LogP) is 3.56. The maximum atomic E-state index is 12.2. The van der Waals surface area contributed by atoms with Gasteiger partial charge in [-0.2, -0.15) is 18.4 Å². The molecular formula is C12H9F3N4. The van der Waals surface area contributed by atoms with E-state index in [0.29, 0.717) is 5.69 Å². The number of hydrogen-bond donors (Lipinski definition) is 0. The summed E-state index contributed by atoms with van der Waals surface area (Å²) in [7, 11) is 0. The van der Waals surface area contributed by atoms with E-state index in [9.17, 15) is 13.2 Å². The van der Waals surface area contributed by atoms with Crippen molar-refractivity contribution in [1.82, 2.24) is 4.57 Å². The SMILES string of the molecule is [C-]#[N+]c1ccn(CC(C#N)(CCC(F)(F)F)[N+]#[C-])c1. The molecule has 0 aliphatic heterocycles. The maximum absolute atomic E-state index is 12.2. The molecule has 7 heteroatoms. The molecule has 1 rings (SSSR count). The van der Waals surface area contributed by atoms with Crippen molar-refractivity contribution < 1.29 is 13.2 Å². The summed E-state index contributed by atoms with van der Waals surface area (Å²) in [4.78, 5) is 6.21. The Morgan fingerprint density at radius 2 is 2.00 bits per heavy atom. The molecule has 0 radical (unpaired) electrons. The Balaban J connectivity index is 2.86. The molecule has 0 saturated carbocycles. The van der Waals surface area contributed by atoms with E-state index in [2.05, 4.69) is 9.69 Å². The molecule has 1 heterocycles. The minimum Gasteiger partial charge on any atom is -0.356 e. The third-order valence-corrected chi connectivity index (χ3v) is 2.55. The molecule has 0 saturated heterocycles. The highest BCUT2D eigenvalue weighted by molar-refractivity contribution is 5.42. The van der Waals surface area contributed by atoms with Crippen LogP contribution in [0.4, 0.5) is 18.9 Å².